The van der Waals surface area contributed by atoms with Crippen molar-refractivity contribution in [1.82, 2.24) is 0 Å². The van der Waals surface area contributed by atoms with Crippen LogP contribution in [-0.4, -0.2) is 25.2 Å². The molecule has 0 spiro atoms. The van der Waals surface area contributed by atoms with Crippen LogP contribution in [-0.2, 0) is 9.47 Å². The van der Waals surface area contributed by atoms with Crippen molar-refractivity contribution >= 4 is 11.9 Å². The van der Waals surface area contributed by atoms with Gasteiger partial charge in [0.2, 0.25) is 0 Å². The van der Waals surface area contributed by atoms with Gasteiger partial charge in [-0.3, -0.25) is 0 Å². The Hall–Kier alpha value is -1.84. The third-order valence-electron chi connectivity index (χ3n) is 8.33. The number of unbranched alkanes of at least 4 members (excludes halogenated alkanes) is 24. The lowest BCUT2D eigenvalue weighted by Crippen LogP contribution is -2.15. The molecule has 0 saturated carbocycles. The molecule has 42 heavy (non-hydrogen) atoms. The minimum atomic E-state index is -0.435. The van der Waals surface area contributed by atoms with Gasteiger partial charge in [0.15, 0.2) is 0 Å². The lowest BCUT2D eigenvalue weighted by atomic mass is 10.0. The van der Waals surface area contributed by atoms with Crippen LogP contribution in [0, 0.1) is 0 Å². The summed E-state index contributed by atoms with van der Waals surface area (Å²) in [6.07, 6.45) is 33.7. The summed E-state index contributed by atoms with van der Waals surface area (Å²) >= 11 is 0. The number of hydrogen-bond donors (Lipinski definition) is 0. The fourth-order valence-electron chi connectivity index (χ4n) is 5.56. The van der Waals surface area contributed by atoms with E-state index in [0.29, 0.717) is 24.3 Å². The summed E-state index contributed by atoms with van der Waals surface area (Å²) in [5.74, 6) is -0.866. The maximum atomic E-state index is 12.6. The first-order chi connectivity index (χ1) is 20.7. The van der Waals surface area contributed by atoms with Gasteiger partial charge < -0.3 is 9.47 Å². The van der Waals surface area contributed by atoms with Crippen LogP contribution in [0.25, 0.3) is 0 Å². The van der Waals surface area contributed by atoms with Crippen LogP contribution in [0.3, 0.4) is 0 Å². The summed E-state index contributed by atoms with van der Waals surface area (Å²) in [7, 11) is 0. The van der Waals surface area contributed by atoms with Gasteiger partial charge in [-0.25, -0.2) is 9.59 Å². The minimum Gasteiger partial charge on any atom is -0.462 e. The first kappa shape index (κ1) is 38.2. The molecule has 0 fully saturated rings. The van der Waals surface area contributed by atoms with E-state index in [1.165, 1.54) is 141 Å². The second kappa shape index (κ2) is 29.2. The van der Waals surface area contributed by atoms with E-state index in [4.69, 9.17) is 9.47 Å². The van der Waals surface area contributed by atoms with E-state index in [-0.39, 0.29) is 0 Å². The van der Waals surface area contributed by atoms with E-state index in [2.05, 4.69) is 13.8 Å². The predicted octanol–water partition coefficient (Wildman–Crippen LogP) is 12.2. The van der Waals surface area contributed by atoms with Crippen molar-refractivity contribution in [2.24, 2.45) is 0 Å². The van der Waals surface area contributed by atoms with Crippen LogP contribution in [0.5, 0.6) is 0 Å². The van der Waals surface area contributed by atoms with Gasteiger partial charge in [-0.1, -0.05) is 180 Å². The fraction of sp³-hybridized carbons (Fsp3) is 0.789. The number of benzene rings is 1. The molecule has 1 aromatic rings. The second-order valence-corrected chi connectivity index (χ2v) is 12.3. The van der Waals surface area contributed by atoms with Crippen LogP contribution in [0.1, 0.15) is 202 Å². The van der Waals surface area contributed by atoms with Crippen molar-refractivity contribution in [2.45, 2.75) is 181 Å². The summed E-state index contributed by atoms with van der Waals surface area (Å²) in [4.78, 5) is 25.2. The quantitative estimate of drug-likeness (QED) is 0.0664. The lowest BCUT2D eigenvalue weighted by molar-refractivity contribution is 0.0450. The van der Waals surface area contributed by atoms with Crippen LogP contribution in [0.2, 0.25) is 0 Å². The van der Waals surface area contributed by atoms with Gasteiger partial charge in [-0.2, -0.15) is 0 Å². The normalized spacial score (nSPS) is 11.1. The molecule has 1 aromatic carbocycles. The number of ether oxygens (including phenoxy) is 2. The van der Waals surface area contributed by atoms with Gasteiger partial charge in [0.05, 0.1) is 24.3 Å². The van der Waals surface area contributed by atoms with E-state index in [0.717, 1.165) is 25.7 Å². The zero-order valence-corrected chi connectivity index (χ0v) is 27.7. The zero-order chi connectivity index (χ0) is 30.4. The number of hydrogen-bond acceptors (Lipinski definition) is 4. The number of carbonyl (C=O) groups is 2. The summed E-state index contributed by atoms with van der Waals surface area (Å²) in [5, 5.41) is 0. The monoisotopic (exact) mass is 586 g/mol. The lowest BCUT2D eigenvalue weighted by Gasteiger charge is -2.10. The highest BCUT2D eigenvalue weighted by Crippen LogP contribution is 2.16. The van der Waals surface area contributed by atoms with Gasteiger partial charge in [-0.15, -0.1) is 0 Å². The third-order valence-corrected chi connectivity index (χ3v) is 8.33. The number of rotatable bonds is 30. The minimum absolute atomic E-state index is 0.303. The molecule has 4 nitrogen and oxygen atoms in total. The maximum absolute atomic E-state index is 12.6. The van der Waals surface area contributed by atoms with E-state index >= 15 is 0 Å². The molecule has 0 aromatic heterocycles. The molecule has 242 valence electrons. The Morgan fingerprint density at radius 2 is 0.643 bits per heavy atom. The molecular weight excluding hydrogens is 520 g/mol. The maximum Gasteiger partial charge on any atom is 0.339 e. The van der Waals surface area contributed by atoms with E-state index in [1.54, 1.807) is 24.3 Å². The predicted molar refractivity (Wildman–Crippen MR) is 178 cm³/mol. The van der Waals surface area contributed by atoms with Crippen molar-refractivity contribution in [3.05, 3.63) is 35.4 Å². The first-order valence-electron chi connectivity index (χ1n) is 18.1. The van der Waals surface area contributed by atoms with Gasteiger partial charge in [0.1, 0.15) is 0 Å². The average molecular weight is 587 g/mol. The molecule has 0 aliphatic carbocycles. The molecule has 0 atom stereocenters. The molecule has 0 bridgehead atoms. The Kier molecular flexibility index (Phi) is 26.6. The van der Waals surface area contributed by atoms with Crippen molar-refractivity contribution in [1.29, 1.82) is 0 Å². The van der Waals surface area contributed by atoms with Gasteiger partial charge in [0, 0.05) is 0 Å². The number of carbonyl (C=O) groups excluding carboxylic acids is 2. The third kappa shape index (κ3) is 21.8. The Morgan fingerprint density at radius 3 is 0.905 bits per heavy atom. The molecule has 0 radical (unpaired) electrons. The highest BCUT2D eigenvalue weighted by atomic mass is 16.5. The molecule has 0 amide bonds. The summed E-state index contributed by atoms with van der Waals surface area (Å²) in [5.41, 5.74) is 0.607. The Labute approximate surface area is 260 Å². The Balaban J connectivity index is 1.96. The van der Waals surface area contributed by atoms with Crippen LogP contribution < -0.4 is 0 Å². The highest BCUT2D eigenvalue weighted by Gasteiger charge is 2.18. The standard InChI is InChI=1S/C38H66O4/c1-3-5-7-9-11-12-13-14-15-16-17-18-19-20-21-22-23-24-26-30-34-42-38(40)36-32-28-27-31-35(36)37(39)41-33-29-25-10-8-6-4-2/h27-28,31-32H,3-26,29-30,33-34H2,1-2H3. The molecule has 0 unspecified atom stereocenters. The summed E-state index contributed by atoms with van der Waals surface area (Å²) < 4.78 is 10.9. The molecule has 1 rings (SSSR count). The molecule has 0 aliphatic rings. The van der Waals surface area contributed by atoms with Crippen molar-refractivity contribution in [2.75, 3.05) is 13.2 Å². The highest BCUT2D eigenvalue weighted by molar-refractivity contribution is 6.03. The molecule has 0 aliphatic heterocycles. The number of esters is 2. The largest absolute Gasteiger partial charge is 0.462 e. The Morgan fingerprint density at radius 1 is 0.405 bits per heavy atom. The molecule has 0 saturated heterocycles. The van der Waals surface area contributed by atoms with Crippen molar-refractivity contribution in [3.8, 4) is 0 Å². The molecule has 0 heterocycles. The fourth-order valence-corrected chi connectivity index (χ4v) is 5.56. The molecule has 4 heteroatoms. The average Bonchev–Trinajstić information content (AvgIpc) is 3.01. The van der Waals surface area contributed by atoms with E-state index in [9.17, 15) is 9.59 Å². The smallest absolute Gasteiger partial charge is 0.339 e. The van der Waals surface area contributed by atoms with Crippen LogP contribution >= 0.6 is 0 Å². The van der Waals surface area contributed by atoms with E-state index in [1.807, 2.05) is 0 Å². The van der Waals surface area contributed by atoms with Gasteiger partial charge in [0.25, 0.3) is 0 Å². The molecular formula is C38H66O4. The van der Waals surface area contributed by atoms with Gasteiger partial charge >= 0.3 is 11.9 Å². The van der Waals surface area contributed by atoms with Crippen molar-refractivity contribution < 1.29 is 19.1 Å². The summed E-state index contributed by atoms with van der Waals surface area (Å²) in [6.45, 7) is 5.29. The zero-order valence-electron chi connectivity index (χ0n) is 27.7. The van der Waals surface area contributed by atoms with Crippen molar-refractivity contribution in [3.63, 3.8) is 0 Å². The SMILES string of the molecule is CCCCCCCCCCCCCCCCCCCCCCOC(=O)c1ccccc1C(=O)OCCCCCCCC. The molecule has 0 N–H and O–H groups in total. The second-order valence-electron chi connectivity index (χ2n) is 12.3. The summed E-state index contributed by atoms with van der Waals surface area (Å²) in [6, 6.07) is 6.83. The van der Waals surface area contributed by atoms with E-state index < -0.39 is 11.9 Å². The van der Waals surface area contributed by atoms with Crippen LogP contribution in [0.4, 0.5) is 0 Å². The Bertz CT molecular complexity index is 759. The topological polar surface area (TPSA) is 52.6 Å². The first-order valence-corrected chi connectivity index (χ1v) is 18.1. The van der Waals surface area contributed by atoms with Gasteiger partial charge in [-0.05, 0) is 25.0 Å². The van der Waals surface area contributed by atoms with Crippen LogP contribution in [0.15, 0.2) is 24.3 Å².